The van der Waals surface area contributed by atoms with E-state index in [1.807, 2.05) is 0 Å². The van der Waals surface area contributed by atoms with Crippen LogP contribution in [0.1, 0.15) is 37.7 Å². The minimum absolute atomic E-state index is 0.311. The smallest absolute Gasteiger partial charge is 0.0489 e. The van der Waals surface area contributed by atoms with Gasteiger partial charge in [-0.15, -0.1) is 11.6 Å². The predicted octanol–water partition coefficient (Wildman–Crippen LogP) is 3.72. The second kappa shape index (κ2) is 6.27. The molecule has 1 fully saturated rings. The molecule has 0 spiro atoms. The lowest BCUT2D eigenvalue weighted by molar-refractivity contribution is 0.465. The largest absolute Gasteiger partial charge is 0.308 e. The Bertz CT molecular complexity index is 299. The van der Waals surface area contributed by atoms with Crippen molar-refractivity contribution >= 4 is 11.6 Å². The van der Waals surface area contributed by atoms with Crippen molar-refractivity contribution in [2.75, 3.05) is 0 Å². The van der Waals surface area contributed by atoms with Crippen LogP contribution in [0, 0.1) is 0 Å². The first-order valence-electron chi connectivity index (χ1n) is 6.27. The van der Waals surface area contributed by atoms with Crippen molar-refractivity contribution in [2.24, 2.45) is 0 Å². The minimum Gasteiger partial charge on any atom is -0.308 e. The van der Waals surface area contributed by atoms with E-state index in [4.69, 9.17) is 11.6 Å². The van der Waals surface area contributed by atoms with Crippen LogP contribution in [0.15, 0.2) is 30.3 Å². The molecule has 1 aromatic carbocycles. The molecule has 2 rings (SSSR count). The molecule has 1 nitrogen and oxygen atoms in total. The molecule has 2 unspecified atom stereocenters. The van der Waals surface area contributed by atoms with Gasteiger partial charge in [0.1, 0.15) is 0 Å². The van der Waals surface area contributed by atoms with Gasteiger partial charge in [-0.05, 0) is 18.4 Å². The van der Waals surface area contributed by atoms with Crippen LogP contribution in [-0.2, 0) is 6.54 Å². The summed E-state index contributed by atoms with van der Waals surface area (Å²) in [6.07, 6.45) is 6.33. The van der Waals surface area contributed by atoms with Gasteiger partial charge >= 0.3 is 0 Å². The summed E-state index contributed by atoms with van der Waals surface area (Å²) in [6, 6.07) is 11.0. The van der Waals surface area contributed by atoms with Gasteiger partial charge in [-0.2, -0.15) is 0 Å². The Morgan fingerprint density at radius 3 is 2.62 bits per heavy atom. The van der Waals surface area contributed by atoms with E-state index in [1.54, 1.807) is 0 Å². The maximum absolute atomic E-state index is 6.39. The van der Waals surface area contributed by atoms with E-state index < -0.39 is 0 Å². The third-order valence-corrected chi connectivity index (χ3v) is 3.87. The first kappa shape index (κ1) is 11.9. The molecule has 0 heterocycles. The fourth-order valence-electron chi connectivity index (χ4n) is 2.34. The number of benzene rings is 1. The number of hydrogen-bond donors (Lipinski definition) is 1. The highest BCUT2D eigenvalue weighted by Crippen LogP contribution is 2.22. The highest BCUT2D eigenvalue weighted by Gasteiger charge is 2.20. The van der Waals surface area contributed by atoms with Crippen LogP contribution in [0.3, 0.4) is 0 Å². The zero-order valence-corrected chi connectivity index (χ0v) is 10.4. The van der Waals surface area contributed by atoms with Gasteiger partial charge in [0.05, 0.1) is 0 Å². The second-order valence-corrected chi connectivity index (χ2v) is 5.19. The van der Waals surface area contributed by atoms with Crippen molar-refractivity contribution < 1.29 is 0 Å². The topological polar surface area (TPSA) is 12.0 Å². The van der Waals surface area contributed by atoms with Crippen LogP contribution in [0.4, 0.5) is 0 Å². The number of halogens is 1. The van der Waals surface area contributed by atoms with Gasteiger partial charge < -0.3 is 5.32 Å². The molecular weight excluding hydrogens is 218 g/mol. The predicted molar refractivity (Wildman–Crippen MR) is 69.8 cm³/mol. The van der Waals surface area contributed by atoms with Crippen LogP contribution < -0.4 is 5.32 Å². The summed E-state index contributed by atoms with van der Waals surface area (Å²) in [5.41, 5.74) is 1.34. The Balaban J connectivity index is 1.84. The summed E-state index contributed by atoms with van der Waals surface area (Å²) >= 11 is 6.39. The molecule has 2 heteroatoms. The first-order valence-corrected chi connectivity index (χ1v) is 6.71. The molecule has 1 aromatic rings. The van der Waals surface area contributed by atoms with Crippen molar-refractivity contribution in [3.63, 3.8) is 0 Å². The third-order valence-electron chi connectivity index (χ3n) is 3.34. The molecule has 0 radical (unpaired) electrons. The molecule has 0 aromatic heterocycles. The van der Waals surface area contributed by atoms with Crippen LogP contribution in [0.5, 0.6) is 0 Å². The maximum Gasteiger partial charge on any atom is 0.0489 e. The molecule has 0 bridgehead atoms. The standard InChI is InChI=1S/C14H20ClN/c15-13-9-5-2-6-10-14(13)16-11-12-7-3-1-4-8-12/h1,3-4,7-8,13-14,16H,2,5-6,9-11H2. The number of rotatable bonds is 3. The summed E-state index contributed by atoms with van der Waals surface area (Å²) in [5, 5.41) is 3.91. The van der Waals surface area contributed by atoms with E-state index >= 15 is 0 Å². The Labute approximate surface area is 103 Å². The summed E-state index contributed by atoms with van der Waals surface area (Å²) in [6.45, 7) is 0.939. The van der Waals surface area contributed by atoms with Gasteiger partial charge in [-0.3, -0.25) is 0 Å². The molecule has 1 N–H and O–H groups in total. The maximum atomic E-state index is 6.39. The van der Waals surface area contributed by atoms with Crippen molar-refractivity contribution in [2.45, 2.75) is 50.1 Å². The van der Waals surface area contributed by atoms with E-state index in [2.05, 4.69) is 35.6 Å². The van der Waals surface area contributed by atoms with Gasteiger partial charge in [-0.25, -0.2) is 0 Å². The summed E-state index contributed by atoms with van der Waals surface area (Å²) in [7, 11) is 0. The van der Waals surface area contributed by atoms with E-state index in [0.29, 0.717) is 11.4 Å². The van der Waals surface area contributed by atoms with Gasteiger partial charge in [0.25, 0.3) is 0 Å². The van der Waals surface area contributed by atoms with Crippen molar-refractivity contribution in [1.29, 1.82) is 0 Å². The molecule has 16 heavy (non-hydrogen) atoms. The number of hydrogen-bond acceptors (Lipinski definition) is 1. The fourth-order valence-corrected chi connectivity index (χ4v) is 2.71. The van der Waals surface area contributed by atoms with Crippen molar-refractivity contribution in [3.05, 3.63) is 35.9 Å². The van der Waals surface area contributed by atoms with Gasteiger partial charge in [0.15, 0.2) is 0 Å². The molecular formula is C14H20ClN. The fraction of sp³-hybridized carbons (Fsp3) is 0.571. The van der Waals surface area contributed by atoms with Crippen molar-refractivity contribution in [3.8, 4) is 0 Å². The Hall–Kier alpha value is -0.530. The highest BCUT2D eigenvalue weighted by molar-refractivity contribution is 6.21. The Kier molecular flexibility index (Phi) is 4.68. The highest BCUT2D eigenvalue weighted by atomic mass is 35.5. The molecule has 1 aliphatic carbocycles. The molecule has 1 aliphatic rings. The van der Waals surface area contributed by atoms with Crippen LogP contribution >= 0.6 is 11.6 Å². The van der Waals surface area contributed by atoms with Gasteiger partial charge in [0.2, 0.25) is 0 Å². The Morgan fingerprint density at radius 1 is 1.06 bits per heavy atom. The average Bonchev–Trinajstić information content (AvgIpc) is 2.53. The van der Waals surface area contributed by atoms with E-state index in [-0.39, 0.29) is 0 Å². The van der Waals surface area contributed by atoms with Crippen LogP contribution in [0.2, 0.25) is 0 Å². The summed E-state index contributed by atoms with van der Waals surface area (Å²) < 4.78 is 0. The lowest BCUT2D eigenvalue weighted by atomic mass is 10.1. The number of alkyl halides is 1. The van der Waals surface area contributed by atoms with Crippen LogP contribution in [-0.4, -0.2) is 11.4 Å². The summed E-state index contributed by atoms with van der Waals surface area (Å²) in [5.74, 6) is 0. The lowest BCUT2D eigenvalue weighted by Gasteiger charge is -2.21. The minimum atomic E-state index is 0.311. The quantitative estimate of drug-likeness (QED) is 0.624. The molecule has 0 amide bonds. The van der Waals surface area contributed by atoms with E-state index in [9.17, 15) is 0 Å². The normalized spacial score (nSPS) is 26.3. The van der Waals surface area contributed by atoms with Crippen LogP contribution in [0.25, 0.3) is 0 Å². The monoisotopic (exact) mass is 237 g/mol. The third kappa shape index (κ3) is 3.50. The molecule has 2 atom stereocenters. The molecule has 0 saturated heterocycles. The molecule has 1 saturated carbocycles. The molecule has 0 aliphatic heterocycles. The van der Waals surface area contributed by atoms with Crippen molar-refractivity contribution in [1.82, 2.24) is 5.32 Å². The number of nitrogens with one attached hydrogen (secondary N) is 1. The van der Waals surface area contributed by atoms with Gasteiger partial charge in [0, 0.05) is 18.0 Å². The van der Waals surface area contributed by atoms with Gasteiger partial charge in [-0.1, -0.05) is 49.6 Å². The van der Waals surface area contributed by atoms with E-state index in [0.717, 1.165) is 13.0 Å². The lowest BCUT2D eigenvalue weighted by Crippen LogP contribution is -2.35. The zero-order chi connectivity index (χ0) is 11.2. The first-order chi connectivity index (χ1) is 7.86. The Morgan fingerprint density at radius 2 is 1.81 bits per heavy atom. The molecule has 88 valence electrons. The summed E-state index contributed by atoms with van der Waals surface area (Å²) in [4.78, 5) is 0. The zero-order valence-electron chi connectivity index (χ0n) is 9.66. The van der Waals surface area contributed by atoms with E-state index in [1.165, 1.54) is 31.2 Å². The SMILES string of the molecule is ClC1CCCCCC1NCc1ccccc1. The second-order valence-electron chi connectivity index (χ2n) is 4.63. The average molecular weight is 238 g/mol.